The molecular formula is C57H67N11O7. The molecule has 1 amide bonds. The summed E-state index contributed by atoms with van der Waals surface area (Å²) in [7, 11) is 8.82. The number of para-hydroxylation sites is 1. The number of hydrogen-bond acceptors (Lipinski definition) is 13. The predicted octanol–water partition coefficient (Wildman–Crippen LogP) is 11.0. The van der Waals surface area contributed by atoms with Crippen LogP contribution < -0.4 is 14.5 Å². The fourth-order valence-electron chi connectivity index (χ4n) is 9.24. The molecular weight excluding hydrogens is 951 g/mol. The SMILES string of the molecule is CCC1CCN(Cc2ccccc2)CC1.CN(C)c1ccc(-c2cn(C(=O)N(C)C3CCN(Cc4ccccc4)CC3)cn2)cc1[N+](=O)[O-].CN(C)c1ccc(-c2cn(C(=O)Oc3ccccc3)cn2)cc1[N+](=O)[O-]. The second-order valence-electron chi connectivity index (χ2n) is 19.2. The number of nitro groups is 2. The summed E-state index contributed by atoms with van der Waals surface area (Å²) in [5.41, 5.74) is 5.81. The molecule has 0 bridgehead atoms. The van der Waals surface area contributed by atoms with Crippen LogP contribution in [0.15, 0.2) is 152 Å². The van der Waals surface area contributed by atoms with Crippen LogP contribution in [-0.4, -0.2) is 123 Å². The van der Waals surface area contributed by atoms with Crippen molar-refractivity contribution in [2.24, 2.45) is 5.92 Å². The van der Waals surface area contributed by atoms with Gasteiger partial charge in [-0.15, -0.1) is 0 Å². The second-order valence-corrected chi connectivity index (χ2v) is 19.2. The van der Waals surface area contributed by atoms with E-state index in [0.29, 0.717) is 39.6 Å². The van der Waals surface area contributed by atoms with Crippen LogP contribution in [-0.2, 0) is 13.1 Å². The third-order valence-electron chi connectivity index (χ3n) is 13.6. The van der Waals surface area contributed by atoms with Crippen LogP contribution in [0.4, 0.5) is 32.3 Å². The van der Waals surface area contributed by atoms with Crippen molar-refractivity contribution in [2.45, 2.75) is 58.2 Å². The molecule has 75 heavy (non-hydrogen) atoms. The number of ether oxygens (including phenoxy) is 1. The van der Waals surface area contributed by atoms with Gasteiger partial charge in [0.2, 0.25) is 0 Å². The summed E-state index contributed by atoms with van der Waals surface area (Å²) >= 11 is 0. The zero-order valence-electron chi connectivity index (χ0n) is 43.6. The molecule has 0 radical (unpaired) electrons. The number of nitro benzene ring substituents is 2. The first kappa shape index (κ1) is 54.6. The molecule has 392 valence electrons. The molecule has 0 aliphatic carbocycles. The van der Waals surface area contributed by atoms with E-state index in [-0.39, 0.29) is 23.4 Å². The predicted molar refractivity (Wildman–Crippen MR) is 293 cm³/mol. The number of hydrogen-bond donors (Lipinski definition) is 0. The Balaban J connectivity index is 0.000000176. The standard InChI is InChI=1S/C25H30N6O3.C18H16N4O4.C14H21N/c1-27(2)23-10-9-20(15-24(23)31(33)34)22-17-30(18-26-22)25(32)28(3)21-11-13-29(14-12-21)16-19-7-5-4-6-8-19;1-20(2)16-9-8-13(10-17(16)22(24)25)15-11-21(12-19-15)18(23)26-14-6-4-3-5-7-14;1-2-13-8-10-15(11-9-13)12-14-6-4-3-5-7-14/h4-10,15,17-18,21H,11-14,16H2,1-3H3;3-12H,1-2H3;3-7,13H,2,8-12H2,1H3. The summed E-state index contributed by atoms with van der Waals surface area (Å²) in [6.45, 7) is 8.83. The molecule has 0 N–H and O–H groups in total. The minimum atomic E-state index is -0.616. The van der Waals surface area contributed by atoms with E-state index in [4.69, 9.17) is 4.74 Å². The lowest BCUT2D eigenvalue weighted by Gasteiger charge is -2.36. The topological polar surface area (TPSA) is 181 Å². The number of anilines is 2. The maximum atomic E-state index is 13.1. The van der Waals surface area contributed by atoms with Gasteiger partial charge in [-0.3, -0.25) is 34.6 Å². The van der Waals surface area contributed by atoms with Crippen LogP contribution in [0.5, 0.6) is 5.75 Å². The lowest BCUT2D eigenvalue weighted by molar-refractivity contribution is -0.384. The summed E-state index contributed by atoms with van der Waals surface area (Å²) in [4.78, 5) is 65.9. The van der Waals surface area contributed by atoms with Gasteiger partial charge in [0.25, 0.3) is 11.4 Å². The maximum Gasteiger partial charge on any atom is 0.424 e. The second kappa shape index (κ2) is 26.1. The van der Waals surface area contributed by atoms with E-state index in [2.05, 4.69) is 81.3 Å². The van der Waals surface area contributed by atoms with Crippen LogP contribution in [0.3, 0.4) is 0 Å². The molecule has 9 rings (SSSR count). The highest BCUT2D eigenvalue weighted by Gasteiger charge is 2.27. The largest absolute Gasteiger partial charge is 0.424 e. The van der Waals surface area contributed by atoms with Crippen molar-refractivity contribution < 1.29 is 24.2 Å². The smallest absolute Gasteiger partial charge is 0.410 e. The van der Waals surface area contributed by atoms with Gasteiger partial charge in [-0.05, 0) is 80.1 Å². The average Bonchev–Trinajstić information content (AvgIpc) is 4.14. The van der Waals surface area contributed by atoms with Crippen LogP contribution in [0.1, 0.15) is 50.2 Å². The van der Waals surface area contributed by atoms with Crippen molar-refractivity contribution in [1.29, 1.82) is 0 Å². The van der Waals surface area contributed by atoms with Gasteiger partial charge in [0.05, 0.1) is 21.2 Å². The molecule has 0 atom stereocenters. The number of piperidine rings is 2. The molecule has 2 fully saturated rings. The number of amides is 1. The molecule has 0 saturated carbocycles. The summed E-state index contributed by atoms with van der Waals surface area (Å²) in [6, 6.07) is 39.7. The molecule has 4 heterocycles. The third-order valence-corrected chi connectivity index (χ3v) is 13.6. The number of carbonyl (C=O) groups is 2. The number of imidazole rings is 2. The van der Waals surface area contributed by atoms with Gasteiger partial charge in [-0.25, -0.2) is 24.1 Å². The number of benzene rings is 5. The van der Waals surface area contributed by atoms with Crippen molar-refractivity contribution in [3.63, 3.8) is 0 Å². The van der Waals surface area contributed by atoms with Gasteiger partial charge in [0.15, 0.2) is 0 Å². The molecule has 18 heteroatoms. The Labute approximate surface area is 438 Å². The van der Waals surface area contributed by atoms with E-state index in [0.717, 1.165) is 44.9 Å². The van der Waals surface area contributed by atoms with Gasteiger partial charge in [-0.1, -0.05) is 104 Å². The normalized spacial score (nSPS) is 14.1. The molecule has 2 saturated heterocycles. The Morgan fingerprint density at radius 1 is 0.600 bits per heavy atom. The average molecular weight is 1020 g/mol. The Kier molecular flexibility index (Phi) is 19.0. The number of rotatable bonds is 13. The van der Waals surface area contributed by atoms with Crippen molar-refractivity contribution in [3.05, 3.63) is 184 Å². The van der Waals surface area contributed by atoms with Crippen LogP contribution >= 0.6 is 0 Å². The highest BCUT2D eigenvalue weighted by Crippen LogP contribution is 2.33. The van der Waals surface area contributed by atoms with Crippen molar-refractivity contribution in [2.75, 3.05) is 71.2 Å². The fraction of sp³-hybridized carbons (Fsp3) is 0.333. The van der Waals surface area contributed by atoms with Gasteiger partial charge < -0.3 is 19.4 Å². The first-order chi connectivity index (χ1) is 36.2. The Hall–Kier alpha value is -8.22. The highest BCUT2D eigenvalue weighted by molar-refractivity contribution is 5.79. The number of carbonyl (C=O) groups excluding carboxylic acids is 2. The van der Waals surface area contributed by atoms with Gasteiger partial charge in [0, 0.05) is 103 Å². The first-order valence-corrected chi connectivity index (χ1v) is 25.2. The van der Waals surface area contributed by atoms with E-state index in [1.165, 1.54) is 83.6 Å². The van der Waals surface area contributed by atoms with Crippen molar-refractivity contribution >= 4 is 34.9 Å². The summed E-state index contributed by atoms with van der Waals surface area (Å²) in [6.07, 6.45) is 11.2. The molecule has 2 aliphatic rings. The van der Waals surface area contributed by atoms with Crippen LogP contribution in [0.25, 0.3) is 22.5 Å². The molecule has 2 aromatic heterocycles. The third kappa shape index (κ3) is 15.0. The van der Waals surface area contributed by atoms with E-state index in [1.54, 1.807) is 97.6 Å². The molecule has 7 aromatic rings. The van der Waals surface area contributed by atoms with Crippen molar-refractivity contribution in [1.82, 2.24) is 33.8 Å². The number of likely N-dealkylation sites (tertiary alicyclic amines) is 2. The molecule has 0 spiro atoms. The van der Waals surface area contributed by atoms with E-state index < -0.39 is 15.9 Å². The summed E-state index contributed by atoms with van der Waals surface area (Å²) in [5, 5.41) is 22.8. The minimum Gasteiger partial charge on any atom is -0.410 e. The quantitative estimate of drug-likeness (QED) is 0.0787. The van der Waals surface area contributed by atoms with E-state index in [9.17, 15) is 29.8 Å². The maximum absolute atomic E-state index is 13.1. The van der Waals surface area contributed by atoms with Gasteiger partial charge >= 0.3 is 12.1 Å². The number of aromatic nitrogens is 4. The Morgan fingerprint density at radius 2 is 1.03 bits per heavy atom. The zero-order valence-corrected chi connectivity index (χ0v) is 43.6. The summed E-state index contributed by atoms with van der Waals surface area (Å²) in [5.74, 6) is 1.40. The fourth-order valence-corrected chi connectivity index (χ4v) is 9.24. The van der Waals surface area contributed by atoms with E-state index >= 15 is 0 Å². The van der Waals surface area contributed by atoms with E-state index in [1.807, 2.05) is 19.2 Å². The molecule has 5 aromatic carbocycles. The zero-order chi connectivity index (χ0) is 53.4. The number of nitrogens with zero attached hydrogens (tertiary/aromatic N) is 11. The summed E-state index contributed by atoms with van der Waals surface area (Å²) < 4.78 is 7.88. The first-order valence-electron chi connectivity index (χ1n) is 25.2. The molecule has 2 aliphatic heterocycles. The minimum absolute atomic E-state index is 0.00255. The van der Waals surface area contributed by atoms with Gasteiger partial charge in [-0.2, -0.15) is 0 Å². The van der Waals surface area contributed by atoms with Crippen LogP contribution in [0.2, 0.25) is 0 Å². The van der Waals surface area contributed by atoms with Gasteiger partial charge in [0.1, 0.15) is 29.8 Å². The monoisotopic (exact) mass is 1020 g/mol. The lowest BCUT2D eigenvalue weighted by Crippen LogP contribution is -2.46. The molecule has 0 unspecified atom stereocenters. The lowest BCUT2D eigenvalue weighted by atomic mass is 9.94. The Bertz CT molecular complexity index is 2970. The van der Waals surface area contributed by atoms with Crippen LogP contribution in [0, 0.1) is 26.1 Å². The highest BCUT2D eigenvalue weighted by atomic mass is 16.6. The Morgan fingerprint density at radius 3 is 1.47 bits per heavy atom. The van der Waals surface area contributed by atoms with Crippen molar-refractivity contribution in [3.8, 4) is 28.3 Å². The molecule has 18 nitrogen and oxygen atoms in total.